The van der Waals surface area contributed by atoms with Crippen molar-refractivity contribution in [1.29, 1.82) is 0 Å². The van der Waals surface area contributed by atoms with E-state index in [1.165, 1.54) is 10.9 Å². The van der Waals surface area contributed by atoms with Crippen LogP contribution in [0.15, 0.2) is 36.4 Å². The molecule has 0 saturated carbocycles. The Balaban J connectivity index is 1.29. The highest BCUT2D eigenvalue weighted by molar-refractivity contribution is 7.15. The maximum Gasteiger partial charge on any atom is 0.239 e. The summed E-state index contributed by atoms with van der Waals surface area (Å²) >= 11 is 1.66. The van der Waals surface area contributed by atoms with E-state index in [9.17, 15) is 9.18 Å². The molecule has 4 rings (SSSR count). The van der Waals surface area contributed by atoms with Gasteiger partial charge in [0.25, 0.3) is 0 Å². The average Bonchev–Trinajstić information content (AvgIpc) is 3.22. The summed E-state index contributed by atoms with van der Waals surface area (Å²) in [5.74, 6) is 0.0444. The van der Waals surface area contributed by atoms with Crippen LogP contribution in [0.2, 0.25) is 0 Å². The van der Waals surface area contributed by atoms with Gasteiger partial charge in [0.15, 0.2) is 0 Å². The van der Waals surface area contributed by atoms with E-state index < -0.39 is 0 Å². The number of benzene rings is 1. The average molecular weight is 418 g/mol. The van der Waals surface area contributed by atoms with Gasteiger partial charge in [-0.3, -0.25) is 14.6 Å². The first kappa shape index (κ1) is 20.5. The number of ether oxygens (including phenoxy) is 1. The van der Waals surface area contributed by atoms with Gasteiger partial charge in [0, 0.05) is 61.1 Å². The van der Waals surface area contributed by atoms with Gasteiger partial charge in [-0.2, -0.15) is 0 Å². The zero-order chi connectivity index (χ0) is 20.2. The van der Waals surface area contributed by atoms with E-state index in [2.05, 4.69) is 15.9 Å². The molecule has 156 valence electrons. The zero-order valence-electron chi connectivity index (χ0n) is 16.8. The second-order valence-corrected chi connectivity index (χ2v) is 8.84. The quantitative estimate of drug-likeness (QED) is 0.750. The third-order valence-corrected chi connectivity index (χ3v) is 6.92. The molecule has 7 heteroatoms. The van der Waals surface area contributed by atoms with Crippen LogP contribution in [0.3, 0.4) is 0 Å². The summed E-state index contributed by atoms with van der Waals surface area (Å²) in [5.41, 5.74) is 0.670. The Kier molecular flexibility index (Phi) is 6.60. The van der Waals surface area contributed by atoms with E-state index in [0.29, 0.717) is 31.9 Å². The number of nitrogens with zero attached hydrogens (tertiary/aromatic N) is 3. The second-order valence-electron chi connectivity index (χ2n) is 7.67. The number of morpholine rings is 1. The smallest absolute Gasteiger partial charge is 0.239 e. The van der Waals surface area contributed by atoms with Crippen molar-refractivity contribution in [2.75, 3.05) is 52.5 Å². The van der Waals surface area contributed by atoms with Gasteiger partial charge < -0.3 is 9.64 Å². The lowest BCUT2D eigenvalue weighted by molar-refractivity contribution is -0.141. The normalized spacial score (nSPS) is 20.0. The first-order valence-corrected chi connectivity index (χ1v) is 11.1. The molecule has 29 heavy (non-hydrogen) atoms. The number of halogens is 1. The molecule has 2 fully saturated rings. The molecule has 0 unspecified atom stereocenters. The molecule has 2 aliphatic heterocycles. The molecule has 0 N–H and O–H groups in total. The Bertz CT molecular complexity index is 829. The molecular weight excluding hydrogens is 389 g/mol. The van der Waals surface area contributed by atoms with Crippen LogP contribution in [0.25, 0.3) is 10.4 Å². The third-order valence-electron chi connectivity index (χ3n) is 5.82. The number of amides is 1. The number of piperazine rings is 1. The van der Waals surface area contributed by atoms with Crippen molar-refractivity contribution in [3.05, 3.63) is 47.1 Å². The summed E-state index contributed by atoms with van der Waals surface area (Å²) in [5, 5.41) is 0. The molecule has 1 amide bonds. The monoisotopic (exact) mass is 417 g/mol. The predicted molar refractivity (Wildman–Crippen MR) is 113 cm³/mol. The summed E-state index contributed by atoms with van der Waals surface area (Å²) < 4.78 is 19.4. The summed E-state index contributed by atoms with van der Waals surface area (Å²) in [7, 11) is 0. The van der Waals surface area contributed by atoms with Gasteiger partial charge in [-0.1, -0.05) is 18.2 Å². The van der Waals surface area contributed by atoms with Crippen molar-refractivity contribution < 1.29 is 13.9 Å². The van der Waals surface area contributed by atoms with Crippen LogP contribution in [0.5, 0.6) is 0 Å². The highest BCUT2D eigenvalue weighted by atomic mass is 32.1. The molecule has 2 aromatic rings. The van der Waals surface area contributed by atoms with Crippen molar-refractivity contribution in [2.24, 2.45) is 0 Å². The van der Waals surface area contributed by atoms with Crippen molar-refractivity contribution >= 4 is 17.2 Å². The summed E-state index contributed by atoms with van der Waals surface area (Å²) in [6, 6.07) is 11.0. The Morgan fingerprint density at radius 2 is 1.79 bits per heavy atom. The largest absolute Gasteiger partial charge is 0.378 e. The minimum atomic E-state index is -0.173. The SMILES string of the molecule is C[C@H](C(=O)N1CCOCC1)N1CCN(Cc2ccc(-c3ccccc3F)s2)CC1. The highest BCUT2D eigenvalue weighted by Crippen LogP contribution is 2.30. The topological polar surface area (TPSA) is 36.0 Å². The minimum Gasteiger partial charge on any atom is -0.378 e. The number of rotatable bonds is 5. The van der Waals surface area contributed by atoms with E-state index in [-0.39, 0.29) is 17.8 Å². The zero-order valence-corrected chi connectivity index (χ0v) is 17.7. The van der Waals surface area contributed by atoms with Gasteiger partial charge in [0.05, 0.1) is 19.3 Å². The third kappa shape index (κ3) is 4.86. The van der Waals surface area contributed by atoms with Gasteiger partial charge in [-0.05, 0) is 25.1 Å². The number of carbonyl (C=O) groups excluding carboxylic acids is 1. The molecule has 2 saturated heterocycles. The van der Waals surface area contributed by atoms with E-state index in [0.717, 1.165) is 37.6 Å². The Labute approximate surface area is 175 Å². The van der Waals surface area contributed by atoms with E-state index in [1.807, 2.05) is 30.0 Å². The van der Waals surface area contributed by atoms with Gasteiger partial charge in [-0.15, -0.1) is 11.3 Å². The first-order chi connectivity index (χ1) is 14.1. The fourth-order valence-electron chi connectivity index (χ4n) is 4.00. The molecule has 3 heterocycles. The molecule has 5 nitrogen and oxygen atoms in total. The first-order valence-electron chi connectivity index (χ1n) is 10.3. The van der Waals surface area contributed by atoms with E-state index >= 15 is 0 Å². The fourth-order valence-corrected chi connectivity index (χ4v) is 5.08. The van der Waals surface area contributed by atoms with Gasteiger partial charge in [0.1, 0.15) is 5.82 Å². The second kappa shape index (κ2) is 9.34. The molecule has 0 radical (unpaired) electrons. The van der Waals surface area contributed by atoms with Crippen molar-refractivity contribution in [2.45, 2.75) is 19.5 Å². The number of carbonyl (C=O) groups is 1. The standard InChI is InChI=1S/C22H28FN3O2S/c1-17(22(27)26-12-14-28-15-13-26)25-10-8-24(9-11-25)16-18-6-7-21(29-18)19-4-2-3-5-20(19)23/h2-7,17H,8-16H2,1H3/t17-/m1/s1. The number of thiophene rings is 1. The van der Waals surface area contributed by atoms with Crippen LogP contribution in [0.1, 0.15) is 11.8 Å². The Morgan fingerprint density at radius 3 is 2.52 bits per heavy atom. The lowest BCUT2D eigenvalue weighted by Gasteiger charge is -2.39. The van der Waals surface area contributed by atoms with Gasteiger partial charge in [-0.25, -0.2) is 4.39 Å². The molecule has 0 spiro atoms. The van der Waals surface area contributed by atoms with Gasteiger partial charge >= 0.3 is 0 Å². The predicted octanol–water partition coefficient (Wildman–Crippen LogP) is 2.92. The fraction of sp³-hybridized carbons (Fsp3) is 0.500. The summed E-state index contributed by atoms with van der Waals surface area (Å²) in [6.07, 6.45) is 0. The molecule has 1 aromatic heterocycles. The molecule has 1 atom stereocenters. The molecule has 1 aromatic carbocycles. The van der Waals surface area contributed by atoms with Crippen LogP contribution in [-0.4, -0.2) is 79.1 Å². The number of hydrogen-bond donors (Lipinski definition) is 0. The van der Waals surface area contributed by atoms with Crippen LogP contribution in [0.4, 0.5) is 4.39 Å². The van der Waals surface area contributed by atoms with Crippen molar-refractivity contribution in [1.82, 2.24) is 14.7 Å². The van der Waals surface area contributed by atoms with Gasteiger partial charge in [0.2, 0.25) is 5.91 Å². The Morgan fingerprint density at radius 1 is 1.07 bits per heavy atom. The summed E-state index contributed by atoms with van der Waals surface area (Å²) in [4.78, 5) is 21.6. The van der Waals surface area contributed by atoms with E-state index in [1.54, 1.807) is 17.4 Å². The van der Waals surface area contributed by atoms with E-state index in [4.69, 9.17) is 4.74 Å². The van der Waals surface area contributed by atoms with Crippen LogP contribution in [-0.2, 0) is 16.1 Å². The Hall–Kier alpha value is -1.80. The lowest BCUT2D eigenvalue weighted by Crippen LogP contribution is -2.55. The lowest BCUT2D eigenvalue weighted by atomic mass is 10.2. The van der Waals surface area contributed by atoms with Crippen LogP contribution in [0, 0.1) is 5.82 Å². The molecular formula is C22H28FN3O2S. The molecule has 2 aliphatic rings. The maximum absolute atomic E-state index is 14.0. The van der Waals surface area contributed by atoms with Crippen LogP contribution >= 0.6 is 11.3 Å². The van der Waals surface area contributed by atoms with Crippen molar-refractivity contribution in [3.63, 3.8) is 0 Å². The minimum absolute atomic E-state index is 0.0790. The summed E-state index contributed by atoms with van der Waals surface area (Å²) in [6.45, 7) is 9.24. The molecule has 0 aliphatic carbocycles. The molecule has 0 bridgehead atoms. The van der Waals surface area contributed by atoms with Crippen LogP contribution < -0.4 is 0 Å². The number of hydrogen-bond acceptors (Lipinski definition) is 5. The van der Waals surface area contributed by atoms with Crippen molar-refractivity contribution in [3.8, 4) is 10.4 Å². The maximum atomic E-state index is 14.0. The highest BCUT2D eigenvalue weighted by Gasteiger charge is 2.29.